The first-order chi connectivity index (χ1) is 8.77. The van der Waals surface area contributed by atoms with Crippen LogP contribution in [0, 0.1) is 0 Å². The number of aromatic nitrogens is 4. The Hall–Kier alpha value is -2.34. The highest BCUT2D eigenvalue weighted by molar-refractivity contribution is 7.80. The number of nitrogens with two attached hydrogens (primary N) is 1. The highest BCUT2D eigenvalue weighted by atomic mass is 32.1. The number of rotatable bonds is 2. The molecular formula is C12H9N5S. The summed E-state index contributed by atoms with van der Waals surface area (Å²) >= 11 is 4.99. The van der Waals surface area contributed by atoms with Gasteiger partial charge < -0.3 is 5.73 Å². The van der Waals surface area contributed by atoms with Crippen LogP contribution in [0.3, 0.4) is 0 Å². The second-order valence-electron chi connectivity index (χ2n) is 3.70. The summed E-state index contributed by atoms with van der Waals surface area (Å²) in [5.74, 6) is 0.596. The van der Waals surface area contributed by atoms with Crippen molar-refractivity contribution in [2.45, 2.75) is 0 Å². The fourth-order valence-corrected chi connectivity index (χ4v) is 1.95. The van der Waals surface area contributed by atoms with Crippen molar-refractivity contribution < 1.29 is 0 Å². The van der Waals surface area contributed by atoms with Crippen LogP contribution in [-0.2, 0) is 0 Å². The first kappa shape index (κ1) is 10.8. The van der Waals surface area contributed by atoms with E-state index in [9.17, 15) is 0 Å². The summed E-state index contributed by atoms with van der Waals surface area (Å²) in [6, 6.07) is 7.77. The van der Waals surface area contributed by atoms with E-state index < -0.39 is 0 Å². The van der Waals surface area contributed by atoms with Crippen molar-refractivity contribution in [3.8, 4) is 5.82 Å². The molecule has 2 N–H and O–H groups in total. The Labute approximate surface area is 108 Å². The average Bonchev–Trinajstić information content (AvgIpc) is 2.82. The average molecular weight is 255 g/mol. The molecular weight excluding hydrogens is 246 g/mol. The molecule has 0 atom stereocenters. The van der Waals surface area contributed by atoms with Crippen LogP contribution in [0.1, 0.15) is 5.69 Å². The first-order valence-electron chi connectivity index (χ1n) is 5.30. The molecule has 0 radical (unpaired) electrons. The fraction of sp³-hybridized carbons (Fsp3) is 0. The third-order valence-corrected chi connectivity index (χ3v) is 2.79. The Bertz CT molecular complexity index is 734. The molecule has 88 valence electrons. The quantitative estimate of drug-likeness (QED) is 0.702. The summed E-state index contributed by atoms with van der Waals surface area (Å²) in [5, 5.41) is 0. The smallest absolute Gasteiger partial charge is 0.167 e. The number of nitrogens with zero attached hydrogens (tertiary/aromatic N) is 4. The summed E-state index contributed by atoms with van der Waals surface area (Å²) in [7, 11) is 0. The third-order valence-electron chi connectivity index (χ3n) is 2.59. The van der Waals surface area contributed by atoms with Gasteiger partial charge in [0.1, 0.15) is 17.0 Å². The Kier molecular flexibility index (Phi) is 2.49. The summed E-state index contributed by atoms with van der Waals surface area (Å²) in [5.41, 5.74) is 7.98. The molecule has 2 heterocycles. The Morgan fingerprint density at radius 2 is 1.89 bits per heavy atom. The van der Waals surface area contributed by atoms with Crippen molar-refractivity contribution in [1.29, 1.82) is 0 Å². The highest BCUT2D eigenvalue weighted by Crippen LogP contribution is 2.17. The number of thiocarbonyl (C=S) groups is 1. The first-order valence-corrected chi connectivity index (χ1v) is 5.71. The van der Waals surface area contributed by atoms with E-state index in [1.807, 2.05) is 28.8 Å². The number of benzene rings is 1. The van der Waals surface area contributed by atoms with Crippen LogP contribution in [0.2, 0.25) is 0 Å². The van der Waals surface area contributed by atoms with Crippen LogP contribution >= 0.6 is 12.2 Å². The van der Waals surface area contributed by atoms with Crippen LogP contribution in [-0.4, -0.2) is 24.5 Å². The minimum atomic E-state index is 0.218. The molecule has 0 aliphatic carbocycles. The summed E-state index contributed by atoms with van der Waals surface area (Å²) in [4.78, 5) is 13.0. The number of hydrogen-bond donors (Lipinski definition) is 1. The fourth-order valence-electron chi connectivity index (χ4n) is 1.81. The molecule has 1 aromatic carbocycles. The zero-order chi connectivity index (χ0) is 12.5. The van der Waals surface area contributed by atoms with Gasteiger partial charge in [-0.05, 0) is 12.1 Å². The summed E-state index contributed by atoms with van der Waals surface area (Å²) in [6.07, 6.45) is 4.86. The predicted octanol–water partition coefficient (Wildman–Crippen LogP) is 1.45. The van der Waals surface area contributed by atoms with E-state index in [2.05, 4.69) is 15.0 Å². The molecule has 0 unspecified atom stereocenters. The number of hydrogen-bond acceptors (Lipinski definition) is 4. The molecule has 0 bridgehead atoms. The lowest BCUT2D eigenvalue weighted by Crippen LogP contribution is -2.16. The maximum absolute atomic E-state index is 5.66. The van der Waals surface area contributed by atoms with Gasteiger partial charge in [-0.3, -0.25) is 4.57 Å². The van der Waals surface area contributed by atoms with E-state index in [4.69, 9.17) is 18.0 Å². The minimum absolute atomic E-state index is 0.218. The van der Waals surface area contributed by atoms with Gasteiger partial charge in [-0.2, -0.15) is 0 Å². The topological polar surface area (TPSA) is 69.6 Å². The largest absolute Gasteiger partial charge is 0.388 e. The van der Waals surface area contributed by atoms with Crippen molar-refractivity contribution in [1.82, 2.24) is 19.5 Å². The zero-order valence-corrected chi connectivity index (χ0v) is 10.1. The maximum atomic E-state index is 5.66. The van der Waals surface area contributed by atoms with Gasteiger partial charge in [0.15, 0.2) is 5.82 Å². The molecule has 2 aromatic heterocycles. The standard InChI is InChI=1S/C12H9N5S/c13-11(18)10-12(15-6-5-14-10)17-7-16-8-3-1-2-4-9(8)17/h1-7H,(H2,13,18). The molecule has 18 heavy (non-hydrogen) atoms. The van der Waals surface area contributed by atoms with Crippen LogP contribution in [0.5, 0.6) is 0 Å². The van der Waals surface area contributed by atoms with Crippen molar-refractivity contribution in [2.24, 2.45) is 5.73 Å². The second-order valence-corrected chi connectivity index (χ2v) is 4.14. The van der Waals surface area contributed by atoms with Crippen molar-refractivity contribution in [2.75, 3.05) is 0 Å². The van der Waals surface area contributed by atoms with Crippen LogP contribution in [0.25, 0.3) is 16.9 Å². The summed E-state index contributed by atoms with van der Waals surface area (Å²) in [6.45, 7) is 0. The van der Waals surface area contributed by atoms with Gasteiger partial charge >= 0.3 is 0 Å². The maximum Gasteiger partial charge on any atom is 0.167 e. The molecule has 0 saturated carbocycles. The molecule has 0 spiro atoms. The normalized spacial score (nSPS) is 10.7. The lowest BCUT2D eigenvalue weighted by Gasteiger charge is -2.07. The molecule has 6 heteroatoms. The van der Waals surface area contributed by atoms with Gasteiger partial charge in [-0.1, -0.05) is 24.4 Å². The van der Waals surface area contributed by atoms with Crippen molar-refractivity contribution >= 4 is 28.2 Å². The van der Waals surface area contributed by atoms with Gasteiger partial charge in [0.25, 0.3) is 0 Å². The molecule has 0 saturated heterocycles. The number of imidazole rings is 1. The van der Waals surface area contributed by atoms with E-state index in [1.165, 1.54) is 0 Å². The lowest BCUT2D eigenvalue weighted by atomic mass is 10.3. The molecule has 0 aliphatic heterocycles. The zero-order valence-electron chi connectivity index (χ0n) is 9.32. The van der Waals surface area contributed by atoms with Crippen molar-refractivity contribution in [3.63, 3.8) is 0 Å². The van der Waals surface area contributed by atoms with Crippen LogP contribution < -0.4 is 5.73 Å². The highest BCUT2D eigenvalue weighted by Gasteiger charge is 2.12. The SMILES string of the molecule is NC(=S)c1nccnc1-n1cnc2ccccc21. The van der Waals surface area contributed by atoms with E-state index >= 15 is 0 Å². The molecule has 0 fully saturated rings. The summed E-state index contributed by atoms with van der Waals surface area (Å²) < 4.78 is 1.83. The van der Waals surface area contributed by atoms with Gasteiger partial charge in [0.2, 0.25) is 0 Å². The van der Waals surface area contributed by atoms with Gasteiger partial charge in [-0.15, -0.1) is 0 Å². The monoisotopic (exact) mass is 255 g/mol. The molecule has 3 rings (SSSR count). The molecule has 5 nitrogen and oxygen atoms in total. The van der Waals surface area contributed by atoms with Gasteiger partial charge in [0.05, 0.1) is 11.0 Å². The lowest BCUT2D eigenvalue weighted by molar-refractivity contribution is 0.987. The van der Waals surface area contributed by atoms with E-state index in [-0.39, 0.29) is 4.99 Å². The van der Waals surface area contributed by atoms with Gasteiger partial charge in [-0.25, -0.2) is 15.0 Å². The predicted molar refractivity (Wildman–Crippen MR) is 72.5 cm³/mol. The Morgan fingerprint density at radius 1 is 1.11 bits per heavy atom. The van der Waals surface area contributed by atoms with Crippen molar-refractivity contribution in [3.05, 3.63) is 48.7 Å². The van der Waals surface area contributed by atoms with E-state index in [0.29, 0.717) is 11.5 Å². The second kappa shape index (κ2) is 4.15. The van der Waals surface area contributed by atoms with Gasteiger partial charge in [0, 0.05) is 12.4 Å². The molecule has 3 aromatic rings. The number of para-hydroxylation sites is 2. The third kappa shape index (κ3) is 1.63. The van der Waals surface area contributed by atoms with E-state index in [0.717, 1.165) is 11.0 Å². The van der Waals surface area contributed by atoms with Crippen LogP contribution in [0.15, 0.2) is 43.0 Å². The Morgan fingerprint density at radius 3 is 2.72 bits per heavy atom. The molecule has 0 amide bonds. The Balaban J connectivity index is 2.30. The van der Waals surface area contributed by atoms with Crippen LogP contribution in [0.4, 0.5) is 0 Å². The number of fused-ring (bicyclic) bond motifs is 1. The molecule has 0 aliphatic rings. The minimum Gasteiger partial charge on any atom is -0.388 e. The van der Waals surface area contributed by atoms with E-state index in [1.54, 1.807) is 18.7 Å².